The molecule has 2 aromatic rings. The lowest BCUT2D eigenvalue weighted by molar-refractivity contribution is -0.402. The smallest absolute Gasteiger partial charge is 0.395 e. The van der Waals surface area contributed by atoms with E-state index in [4.69, 9.17) is 9.15 Å². The quantitative estimate of drug-likeness (QED) is 0.642. The number of nitrogens with zero attached hydrogens (tertiary/aromatic N) is 2. The number of benzene rings is 1. The maximum Gasteiger partial charge on any atom is 0.433 e. The summed E-state index contributed by atoms with van der Waals surface area (Å²) in [6.45, 7) is 2.68. The second-order valence-corrected chi connectivity index (χ2v) is 5.45. The van der Waals surface area contributed by atoms with Crippen LogP contribution >= 0.6 is 0 Å². The van der Waals surface area contributed by atoms with Crippen molar-refractivity contribution in [2.24, 2.45) is 0 Å². The molecule has 23 heavy (non-hydrogen) atoms. The Labute approximate surface area is 132 Å². The van der Waals surface area contributed by atoms with Gasteiger partial charge in [0.1, 0.15) is 11.0 Å². The maximum absolute atomic E-state index is 12.5. The standard InChI is InChI=1S/C16H16N2O5/c1-11-9-17(10-14(22-11)12-5-3-2-4-6-12)16(19)13-7-8-15(23-13)18(20)21/h2-8,11,14H,9-10H2,1H3/t11-,14-/m0/s1. The molecule has 1 saturated heterocycles. The van der Waals surface area contributed by atoms with Crippen LogP contribution in [0, 0.1) is 10.1 Å². The first-order valence-electron chi connectivity index (χ1n) is 7.28. The highest BCUT2D eigenvalue weighted by Crippen LogP contribution is 2.27. The lowest BCUT2D eigenvalue weighted by Gasteiger charge is -2.36. The number of furan rings is 1. The van der Waals surface area contributed by atoms with Crippen molar-refractivity contribution in [3.05, 3.63) is 63.9 Å². The van der Waals surface area contributed by atoms with Gasteiger partial charge in [-0.25, -0.2) is 0 Å². The third-order valence-corrected chi connectivity index (χ3v) is 3.70. The summed E-state index contributed by atoms with van der Waals surface area (Å²) in [6, 6.07) is 12.2. The first kappa shape index (κ1) is 15.2. The number of hydrogen-bond acceptors (Lipinski definition) is 5. The van der Waals surface area contributed by atoms with Gasteiger partial charge in [-0.3, -0.25) is 14.9 Å². The molecule has 1 aliphatic heterocycles. The Balaban J connectivity index is 1.78. The fraction of sp³-hybridized carbons (Fsp3) is 0.312. The van der Waals surface area contributed by atoms with Crippen LogP contribution in [0.4, 0.5) is 5.88 Å². The highest BCUT2D eigenvalue weighted by Gasteiger charge is 2.31. The fourth-order valence-electron chi connectivity index (χ4n) is 2.67. The first-order chi connectivity index (χ1) is 11.0. The third kappa shape index (κ3) is 3.24. The molecular weight excluding hydrogens is 300 g/mol. The Kier molecular flexibility index (Phi) is 4.12. The molecule has 0 bridgehead atoms. The first-order valence-corrected chi connectivity index (χ1v) is 7.28. The van der Waals surface area contributed by atoms with Crippen molar-refractivity contribution in [3.63, 3.8) is 0 Å². The highest BCUT2D eigenvalue weighted by molar-refractivity contribution is 5.91. The number of hydrogen-bond donors (Lipinski definition) is 0. The van der Waals surface area contributed by atoms with Crippen LogP contribution < -0.4 is 0 Å². The normalized spacial score (nSPS) is 21.2. The molecule has 2 atom stereocenters. The Bertz CT molecular complexity index is 712. The molecule has 1 aromatic heterocycles. The minimum atomic E-state index is -0.661. The van der Waals surface area contributed by atoms with Crippen LogP contribution in [0.2, 0.25) is 0 Å². The maximum atomic E-state index is 12.5. The van der Waals surface area contributed by atoms with E-state index in [1.165, 1.54) is 12.1 Å². The van der Waals surface area contributed by atoms with Crippen LogP contribution in [0.5, 0.6) is 0 Å². The number of rotatable bonds is 3. The van der Waals surface area contributed by atoms with Gasteiger partial charge in [0.2, 0.25) is 0 Å². The van der Waals surface area contributed by atoms with Crippen LogP contribution in [0.3, 0.4) is 0 Å². The van der Waals surface area contributed by atoms with E-state index in [1.807, 2.05) is 37.3 Å². The van der Waals surface area contributed by atoms with Crippen LogP contribution in [0.1, 0.15) is 29.1 Å². The Morgan fingerprint density at radius 3 is 2.61 bits per heavy atom. The largest absolute Gasteiger partial charge is 0.433 e. The summed E-state index contributed by atoms with van der Waals surface area (Å²) >= 11 is 0. The van der Waals surface area contributed by atoms with E-state index in [0.29, 0.717) is 13.1 Å². The van der Waals surface area contributed by atoms with Gasteiger partial charge in [0.25, 0.3) is 5.91 Å². The summed E-state index contributed by atoms with van der Waals surface area (Å²) < 4.78 is 10.9. The number of carbonyl (C=O) groups is 1. The SMILES string of the molecule is C[C@H]1CN(C(=O)c2ccc([N+](=O)[O-])o2)C[C@@H](c2ccccc2)O1. The van der Waals surface area contributed by atoms with Gasteiger partial charge in [-0.15, -0.1) is 0 Å². The Morgan fingerprint density at radius 1 is 1.22 bits per heavy atom. The summed E-state index contributed by atoms with van der Waals surface area (Å²) in [7, 11) is 0. The van der Waals surface area contributed by atoms with Crippen molar-refractivity contribution in [2.45, 2.75) is 19.1 Å². The number of ether oxygens (including phenoxy) is 1. The summed E-state index contributed by atoms with van der Waals surface area (Å²) in [6.07, 6.45) is -0.364. The molecule has 7 heteroatoms. The molecule has 1 aromatic carbocycles. The van der Waals surface area contributed by atoms with E-state index in [9.17, 15) is 14.9 Å². The van der Waals surface area contributed by atoms with Gasteiger partial charge in [-0.05, 0) is 18.6 Å². The monoisotopic (exact) mass is 316 g/mol. The van der Waals surface area contributed by atoms with Crippen molar-refractivity contribution in [1.82, 2.24) is 4.90 Å². The lowest BCUT2D eigenvalue weighted by Crippen LogP contribution is -2.45. The molecule has 7 nitrogen and oxygen atoms in total. The third-order valence-electron chi connectivity index (χ3n) is 3.70. The van der Waals surface area contributed by atoms with E-state index in [0.717, 1.165) is 5.56 Å². The number of carbonyl (C=O) groups excluding carboxylic acids is 1. The molecule has 0 unspecified atom stereocenters. The van der Waals surface area contributed by atoms with Gasteiger partial charge in [0.05, 0.1) is 18.7 Å². The highest BCUT2D eigenvalue weighted by atomic mass is 16.6. The molecular formula is C16H16N2O5. The molecule has 0 spiro atoms. The van der Waals surface area contributed by atoms with Gasteiger partial charge in [0.15, 0.2) is 5.76 Å². The van der Waals surface area contributed by atoms with Crippen LogP contribution in [-0.4, -0.2) is 34.9 Å². The molecule has 1 amide bonds. The van der Waals surface area contributed by atoms with E-state index in [1.54, 1.807) is 4.90 Å². The van der Waals surface area contributed by atoms with Crippen molar-refractivity contribution >= 4 is 11.8 Å². The Morgan fingerprint density at radius 2 is 1.96 bits per heavy atom. The van der Waals surface area contributed by atoms with Gasteiger partial charge in [-0.1, -0.05) is 30.3 Å². The molecule has 120 valence electrons. The summed E-state index contributed by atoms with van der Waals surface area (Å²) in [4.78, 5) is 24.1. The van der Waals surface area contributed by atoms with Crippen LogP contribution in [0.15, 0.2) is 46.9 Å². The molecule has 1 aliphatic rings. The second-order valence-electron chi connectivity index (χ2n) is 5.45. The van der Waals surface area contributed by atoms with Crippen molar-refractivity contribution < 1.29 is 18.9 Å². The topological polar surface area (TPSA) is 85.8 Å². The van der Waals surface area contributed by atoms with E-state index in [-0.39, 0.29) is 23.9 Å². The average molecular weight is 316 g/mol. The van der Waals surface area contributed by atoms with Gasteiger partial charge in [-0.2, -0.15) is 0 Å². The Hall–Kier alpha value is -2.67. The van der Waals surface area contributed by atoms with Gasteiger partial charge in [0, 0.05) is 6.54 Å². The van der Waals surface area contributed by atoms with E-state index >= 15 is 0 Å². The lowest BCUT2D eigenvalue weighted by atomic mass is 10.1. The van der Waals surface area contributed by atoms with Gasteiger partial charge >= 0.3 is 5.88 Å². The fourth-order valence-corrected chi connectivity index (χ4v) is 2.67. The molecule has 0 aliphatic carbocycles. The molecule has 3 rings (SSSR count). The molecule has 0 saturated carbocycles. The summed E-state index contributed by atoms with van der Waals surface area (Å²) in [5, 5.41) is 10.7. The molecule has 0 N–H and O–H groups in total. The predicted octanol–water partition coefficient (Wildman–Crippen LogP) is 2.79. The number of nitro groups is 1. The number of morpholine rings is 1. The molecule has 2 heterocycles. The zero-order chi connectivity index (χ0) is 16.4. The molecule has 1 fully saturated rings. The zero-order valence-corrected chi connectivity index (χ0v) is 12.5. The minimum Gasteiger partial charge on any atom is -0.395 e. The van der Waals surface area contributed by atoms with Crippen molar-refractivity contribution in [3.8, 4) is 0 Å². The van der Waals surface area contributed by atoms with E-state index < -0.39 is 10.8 Å². The van der Waals surface area contributed by atoms with E-state index in [2.05, 4.69) is 0 Å². The number of amides is 1. The summed E-state index contributed by atoms with van der Waals surface area (Å²) in [5.41, 5.74) is 0.988. The van der Waals surface area contributed by atoms with Gasteiger partial charge < -0.3 is 14.1 Å². The van der Waals surface area contributed by atoms with Crippen molar-refractivity contribution in [1.29, 1.82) is 0 Å². The average Bonchev–Trinajstić information content (AvgIpc) is 3.04. The van der Waals surface area contributed by atoms with Crippen molar-refractivity contribution in [2.75, 3.05) is 13.1 Å². The van der Waals surface area contributed by atoms with Crippen LogP contribution in [-0.2, 0) is 4.74 Å². The predicted molar refractivity (Wildman–Crippen MR) is 81.0 cm³/mol. The molecule has 0 radical (unpaired) electrons. The minimum absolute atomic E-state index is 0.0300. The second kappa shape index (κ2) is 6.21. The zero-order valence-electron chi connectivity index (χ0n) is 12.5. The summed E-state index contributed by atoms with van der Waals surface area (Å²) in [5.74, 6) is -0.832. The van der Waals surface area contributed by atoms with Crippen LogP contribution in [0.25, 0.3) is 0 Å².